The fraction of sp³-hybridized carbons (Fsp3) is 0.474. The zero-order valence-electron chi connectivity index (χ0n) is 15.8. The van der Waals surface area contributed by atoms with Gasteiger partial charge >= 0.3 is 0 Å². The summed E-state index contributed by atoms with van der Waals surface area (Å²) in [6, 6.07) is 7.23. The predicted molar refractivity (Wildman–Crippen MR) is 103 cm³/mol. The maximum atomic E-state index is 12.9. The van der Waals surface area contributed by atoms with E-state index in [0.29, 0.717) is 44.0 Å². The Hall–Kier alpha value is -2.19. The van der Waals surface area contributed by atoms with E-state index in [9.17, 15) is 13.2 Å². The number of carbonyl (C=O) groups excluding carboxylic acids is 1. The molecule has 1 saturated heterocycles. The average Bonchev–Trinajstić information content (AvgIpc) is 3.15. The molecule has 0 aliphatic carbocycles. The number of carbonyl (C=O) groups is 1. The molecule has 0 N–H and O–H groups in total. The van der Waals surface area contributed by atoms with Crippen LogP contribution in [0, 0.1) is 13.8 Å². The first-order valence-corrected chi connectivity index (χ1v) is 10.6. The van der Waals surface area contributed by atoms with Gasteiger partial charge in [-0.1, -0.05) is 17.7 Å². The van der Waals surface area contributed by atoms with E-state index in [2.05, 4.69) is 5.10 Å². The molecule has 1 aliphatic heterocycles. The van der Waals surface area contributed by atoms with E-state index in [0.717, 1.165) is 17.5 Å². The lowest BCUT2D eigenvalue weighted by Crippen LogP contribution is -2.50. The molecule has 1 aromatic carbocycles. The molecule has 0 bridgehead atoms. The quantitative estimate of drug-likeness (QED) is 0.754. The van der Waals surface area contributed by atoms with E-state index in [4.69, 9.17) is 0 Å². The second-order valence-electron chi connectivity index (χ2n) is 6.93. The van der Waals surface area contributed by atoms with Crippen LogP contribution in [0.1, 0.15) is 24.0 Å². The number of benzene rings is 1. The predicted octanol–water partition coefficient (Wildman–Crippen LogP) is 1.81. The number of aryl methyl sites for hydroxylation is 3. The number of amides is 1. The van der Waals surface area contributed by atoms with Crippen LogP contribution in [0.3, 0.4) is 0 Å². The van der Waals surface area contributed by atoms with Crippen LogP contribution >= 0.6 is 0 Å². The Labute approximate surface area is 160 Å². The van der Waals surface area contributed by atoms with Crippen molar-refractivity contribution in [3.8, 4) is 0 Å². The highest BCUT2D eigenvalue weighted by Gasteiger charge is 2.30. The lowest BCUT2D eigenvalue weighted by Gasteiger charge is -2.34. The van der Waals surface area contributed by atoms with E-state index in [1.165, 1.54) is 4.31 Å². The molecule has 1 aromatic heterocycles. The molecule has 0 radical (unpaired) electrons. The van der Waals surface area contributed by atoms with Gasteiger partial charge in [-0.05, 0) is 38.0 Å². The third-order valence-corrected chi connectivity index (χ3v) is 6.94. The van der Waals surface area contributed by atoms with Gasteiger partial charge in [-0.2, -0.15) is 9.40 Å². The summed E-state index contributed by atoms with van der Waals surface area (Å²) in [5.41, 5.74) is 1.80. The van der Waals surface area contributed by atoms with Crippen LogP contribution in [-0.4, -0.2) is 59.5 Å². The van der Waals surface area contributed by atoms with E-state index >= 15 is 0 Å². The summed E-state index contributed by atoms with van der Waals surface area (Å²) in [6.07, 6.45) is 4.77. The highest BCUT2D eigenvalue weighted by atomic mass is 32.2. The van der Waals surface area contributed by atoms with Gasteiger partial charge in [0, 0.05) is 51.5 Å². The van der Waals surface area contributed by atoms with Gasteiger partial charge in [0.2, 0.25) is 15.9 Å². The summed E-state index contributed by atoms with van der Waals surface area (Å²) in [7, 11) is -3.52. The van der Waals surface area contributed by atoms with Crippen molar-refractivity contribution in [2.24, 2.45) is 0 Å². The average molecular weight is 391 g/mol. The lowest BCUT2D eigenvalue weighted by molar-refractivity contribution is -0.132. The highest BCUT2D eigenvalue weighted by Crippen LogP contribution is 2.22. The van der Waals surface area contributed by atoms with Crippen LogP contribution in [0.25, 0.3) is 0 Å². The summed E-state index contributed by atoms with van der Waals surface area (Å²) >= 11 is 0. The number of rotatable bonds is 6. The van der Waals surface area contributed by atoms with Crippen molar-refractivity contribution in [1.29, 1.82) is 0 Å². The van der Waals surface area contributed by atoms with Gasteiger partial charge < -0.3 is 4.90 Å². The van der Waals surface area contributed by atoms with E-state index < -0.39 is 10.0 Å². The largest absolute Gasteiger partial charge is 0.340 e. The fourth-order valence-electron chi connectivity index (χ4n) is 3.39. The monoisotopic (exact) mass is 390 g/mol. The van der Waals surface area contributed by atoms with Crippen molar-refractivity contribution >= 4 is 15.9 Å². The van der Waals surface area contributed by atoms with Gasteiger partial charge in [0.1, 0.15) is 0 Å². The molecule has 1 amide bonds. The summed E-state index contributed by atoms with van der Waals surface area (Å²) in [5, 5.41) is 4.12. The molecule has 0 saturated carbocycles. The standard InChI is InChI=1S/C19H26N4O3S/c1-16-6-7-18(17(2)15-16)27(25,26)23-13-11-21(12-14-23)19(24)5-3-9-22-10-4-8-20-22/h4,6-8,10,15H,3,5,9,11-14H2,1-2H3. The van der Waals surface area contributed by atoms with Crippen LogP contribution in [0.2, 0.25) is 0 Å². The van der Waals surface area contributed by atoms with E-state index in [1.807, 2.05) is 42.9 Å². The number of hydrogen-bond acceptors (Lipinski definition) is 4. The van der Waals surface area contributed by atoms with Crippen molar-refractivity contribution in [1.82, 2.24) is 19.0 Å². The zero-order valence-corrected chi connectivity index (χ0v) is 16.7. The second kappa shape index (κ2) is 8.22. The smallest absolute Gasteiger partial charge is 0.243 e. The molecule has 1 fully saturated rings. The topological polar surface area (TPSA) is 75.5 Å². The van der Waals surface area contributed by atoms with Crippen molar-refractivity contribution in [3.05, 3.63) is 47.8 Å². The van der Waals surface area contributed by atoms with Crippen LogP contribution in [-0.2, 0) is 21.4 Å². The molecule has 2 aromatic rings. The molecule has 7 nitrogen and oxygen atoms in total. The Bertz CT molecular complexity index is 886. The number of sulfonamides is 1. The van der Waals surface area contributed by atoms with Gasteiger partial charge in [-0.25, -0.2) is 8.42 Å². The normalized spacial score (nSPS) is 15.9. The fourth-order valence-corrected chi connectivity index (χ4v) is 5.02. The maximum Gasteiger partial charge on any atom is 0.243 e. The first kappa shape index (κ1) is 19.6. The third kappa shape index (κ3) is 4.56. The van der Waals surface area contributed by atoms with E-state index in [-0.39, 0.29) is 5.91 Å². The lowest BCUT2D eigenvalue weighted by atomic mass is 10.2. The molecule has 3 rings (SSSR count). The molecule has 27 heavy (non-hydrogen) atoms. The first-order valence-electron chi connectivity index (χ1n) is 9.20. The summed E-state index contributed by atoms with van der Waals surface area (Å²) in [5.74, 6) is 0.0747. The number of piperazine rings is 1. The molecule has 8 heteroatoms. The Morgan fingerprint density at radius 3 is 2.52 bits per heavy atom. The van der Waals surface area contributed by atoms with Crippen molar-refractivity contribution in [2.75, 3.05) is 26.2 Å². The van der Waals surface area contributed by atoms with Crippen LogP contribution in [0.15, 0.2) is 41.6 Å². The molecule has 0 unspecified atom stereocenters. The summed E-state index contributed by atoms with van der Waals surface area (Å²) < 4.78 is 29.1. The van der Waals surface area contributed by atoms with Gasteiger partial charge in [-0.3, -0.25) is 9.48 Å². The van der Waals surface area contributed by atoms with Crippen LogP contribution in [0.5, 0.6) is 0 Å². The Kier molecular flexibility index (Phi) is 5.96. The Morgan fingerprint density at radius 2 is 1.89 bits per heavy atom. The number of aromatic nitrogens is 2. The van der Waals surface area contributed by atoms with Gasteiger partial charge in [-0.15, -0.1) is 0 Å². The maximum absolute atomic E-state index is 12.9. The zero-order chi connectivity index (χ0) is 19.4. The van der Waals surface area contributed by atoms with Crippen molar-refractivity contribution < 1.29 is 13.2 Å². The van der Waals surface area contributed by atoms with Crippen molar-refractivity contribution in [2.45, 2.75) is 38.1 Å². The van der Waals surface area contributed by atoms with Gasteiger partial charge in [0.25, 0.3) is 0 Å². The molecule has 0 atom stereocenters. The highest BCUT2D eigenvalue weighted by molar-refractivity contribution is 7.89. The minimum absolute atomic E-state index is 0.0747. The van der Waals surface area contributed by atoms with Gasteiger partial charge in [0.15, 0.2) is 0 Å². The minimum atomic E-state index is -3.52. The number of hydrogen-bond donors (Lipinski definition) is 0. The third-order valence-electron chi connectivity index (χ3n) is 4.88. The Balaban J connectivity index is 1.54. The van der Waals surface area contributed by atoms with E-state index in [1.54, 1.807) is 17.2 Å². The minimum Gasteiger partial charge on any atom is -0.340 e. The van der Waals surface area contributed by atoms with Crippen LogP contribution in [0.4, 0.5) is 0 Å². The molecular formula is C19H26N4O3S. The molecule has 2 heterocycles. The molecule has 0 spiro atoms. The molecule has 1 aliphatic rings. The Morgan fingerprint density at radius 1 is 1.15 bits per heavy atom. The van der Waals surface area contributed by atoms with Gasteiger partial charge in [0.05, 0.1) is 4.90 Å². The molecule has 146 valence electrons. The SMILES string of the molecule is Cc1ccc(S(=O)(=O)N2CCN(C(=O)CCCn3cccn3)CC2)c(C)c1. The van der Waals surface area contributed by atoms with Crippen molar-refractivity contribution in [3.63, 3.8) is 0 Å². The summed E-state index contributed by atoms with van der Waals surface area (Å²) in [6.45, 7) is 6.01. The van der Waals surface area contributed by atoms with Crippen LogP contribution < -0.4 is 0 Å². The first-order chi connectivity index (χ1) is 12.9. The molecular weight excluding hydrogens is 364 g/mol. The summed E-state index contributed by atoms with van der Waals surface area (Å²) in [4.78, 5) is 14.5. The number of nitrogens with zero attached hydrogens (tertiary/aromatic N) is 4. The second-order valence-corrected chi connectivity index (χ2v) is 8.83.